The molecule has 0 fully saturated rings. The van der Waals surface area contributed by atoms with E-state index in [1.165, 1.54) is 0 Å². The van der Waals surface area contributed by atoms with Crippen molar-refractivity contribution in [1.82, 2.24) is 0 Å². The van der Waals surface area contributed by atoms with Crippen LogP contribution in [0.15, 0.2) is 11.0 Å². The molecule has 1 rings (SSSR count). The molecule has 1 aliphatic carbocycles. The van der Waals surface area contributed by atoms with Crippen LogP contribution < -0.4 is 0 Å². The highest BCUT2D eigenvalue weighted by Gasteiger charge is 2.81. The Balaban J connectivity index is 3.34. The van der Waals surface area contributed by atoms with Crippen molar-refractivity contribution in [3.05, 3.63) is 11.0 Å². The highest BCUT2D eigenvalue weighted by atomic mass is 35.7. The summed E-state index contributed by atoms with van der Waals surface area (Å²) in [6, 6.07) is 0. The normalized spacial score (nSPS) is 24.4. The first-order valence-corrected chi connectivity index (χ1v) is 7.41. The molecule has 0 saturated carbocycles. The molecule has 0 spiro atoms. The Morgan fingerprint density at radius 1 is 0.938 bits per heavy atom. The quantitative estimate of drug-likeness (QED) is 0.389. The zero-order valence-corrected chi connectivity index (χ0v) is 9.29. The van der Waals surface area contributed by atoms with Gasteiger partial charge in [-0.1, -0.05) is 0 Å². The molecule has 0 aromatic heterocycles. The van der Waals surface area contributed by atoms with Gasteiger partial charge in [-0.15, -0.1) is 22.2 Å². The van der Waals surface area contributed by atoms with Gasteiger partial charge in [0.05, 0.1) is 5.20 Å². The predicted molar refractivity (Wildman–Crippen MR) is 41.5 cm³/mol. The van der Waals surface area contributed by atoms with Crippen molar-refractivity contribution in [2.75, 3.05) is 0 Å². The Hall–Kier alpha value is -0.0231. The maximum atomic E-state index is 12.6. The van der Waals surface area contributed by atoms with Gasteiger partial charge in [-0.2, -0.15) is 30.7 Å². The number of hydrogen-bond acceptors (Lipinski definition) is 0. The molecule has 0 amide bonds. The summed E-state index contributed by atoms with van der Waals surface area (Å²) < 4.78 is 98.4. The van der Waals surface area contributed by atoms with E-state index < -0.39 is 35.4 Å². The van der Waals surface area contributed by atoms with Crippen molar-refractivity contribution in [2.45, 2.75) is 17.6 Å². The van der Waals surface area contributed by atoms with Crippen molar-refractivity contribution in [3.63, 3.8) is 0 Å². The minimum absolute atomic E-state index is 2.53. The zero-order chi connectivity index (χ0) is 13.2. The molecule has 1 aliphatic rings. The van der Waals surface area contributed by atoms with Crippen LogP contribution in [0, 0.1) is 0 Å². The summed E-state index contributed by atoms with van der Waals surface area (Å²) in [7, 11) is 0. The summed E-state index contributed by atoms with van der Waals surface area (Å²) >= 11 is 9.18. The number of alkyl halides is 7. The van der Waals surface area contributed by atoms with Gasteiger partial charge in [0.15, 0.2) is 5.83 Å². The SMILES string of the molecule is FC1=C([Si](Cl)(Cl)C(F)(F)F)C(F)(F)C1(F)F. The van der Waals surface area contributed by atoms with Gasteiger partial charge in [-0.25, -0.2) is 4.39 Å². The van der Waals surface area contributed by atoms with Crippen LogP contribution in [0.1, 0.15) is 0 Å². The van der Waals surface area contributed by atoms with Crippen LogP contribution in [0.25, 0.3) is 0 Å². The lowest BCUT2D eigenvalue weighted by molar-refractivity contribution is -0.199. The summed E-state index contributed by atoms with van der Waals surface area (Å²) in [5.74, 6) is -19.0. The minimum Gasteiger partial charge on any atom is -0.205 e. The van der Waals surface area contributed by atoms with E-state index in [9.17, 15) is 35.1 Å². The number of allylic oxidation sites excluding steroid dienone is 2. The molecule has 0 atom stereocenters. The molecular formula is C5Cl2F8Si. The van der Waals surface area contributed by atoms with Crippen LogP contribution in [0.4, 0.5) is 35.1 Å². The third-order valence-corrected chi connectivity index (χ3v) is 6.17. The van der Waals surface area contributed by atoms with Crippen LogP contribution in [-0.2, 0) is 0 Å². The first kappa shape index (κ1) is 14.0. The van der Waals surface area contributed by atoms with Crippen molar-refractivity contribution in [3.8, 4) is 0 Å². The molecule has 0 aromatic rings. The lowest BCUT2D eigenvalue weighted by Crippen LogP contribution is -2.62. The number of rotatable bonds is 1. The van der Waals surface area contributed by atoms with E-state index in [1.54, 1.807) is 0 Å². The van der Waals surface area contributed by atoms with Crippen molar-refractivity contribution in [2.24, 2.45) is 0 Å². The van der Waals surface area contributed by atoms with E-state index in [0.29, 0.717) is 0 Å². The molecular weight excluding hydrogens is 311 g/mol. The number of halogens is 10. The highest BCUT2D eigenvalue weighted by molar-refractivity contribution is 7.49. The Labute approximate surface area is 93.2 Å². The average molecular weight is 311 g/mol. The first-order valence-electron chi connectivity index (χ1n) is 3.39. The van der Waals surface area contributed by atoms with Gasteiger partial charge in [0.2, 0.25) is 0 Å². The highest BCUT2D eigenvalue weighted by Crippen LogP contribution is 2.62. The van der Waals surface area contributed by atoms with Crippen LogP contribution in [0.3, 0.4) is 0 Å². The van der Waals surface area contributed by atoms with Crippen molar-refractivity contribution >= 4 is 28.9 Å². The van der Waals surface area contributed by atoms with E-state index in [1.807, 2.05) is 0 Å². The van der Waals surface area contributed by atoms with E-state index in [0.717, 1.165) is 0 Å². The maximum Gasteiger partial charge on any atom is 0.403 e. The molecule has 0 N–H and O–H groups in total. The lowest BCUT2D eigenvalue weighted by atomic mass is 9.98. The zero-order valence-electron chi connectivity index (χ0n) is 6.78. The van der Waals surface area contributed by atoms with Crippen molar-refractivity contribution < 1.29 is 35.1 Å². The Morgan fingerprint density at radius 2 is 1.31 bits per heavy atom. The standard InChI is InChI=1S/C5Cl2F8Si/c6-16(7,5(13,14)15)2-1(8)3(9,10)4(2,11)12. The van der Waals surface area contributed by atoms with Crippen molar-refractivity contribution in [1.29, 1.82) is 0 Å². The third-order valence-electron chi connectivity index (χ3n) is 1.87. The molecule has 0 radical (unpaired) electrons. The minimum atomic E-state index is -5.99. The molecule has 0 bridgehead atoms. The van der Waals surface area contributed by atoms with E-state index in [4.69, 9.17) is 0 Å². The third kappa shape index (κ3) is 1.47. The van der Waals surface area contributed by atoms with Crippen LogP contribution >= 0.6 is 22.2 Å². The summed E-state index contributed by atoms with van der Waals surface area (Å²) in [6.45, 7) is -5.99. The topological polar surface area (TPSA) is 0 Å². The lowest BCUT2D eigenvalue weighted by Gasteiger charge is -2.40. The Bertz CT molecular complexity index is 356. The second-order valence-electron chi connectivity index (χ2n) is 2.91. The van der Waals surface area contributed by atoms with E-state index in [2.05, 4.69) is 22.2 Å². The van der Waals surface area contributed by atoms with Gasteiger partial charge in [-0.3, -0.25) is 0 Å². The molecule has 11 heteroatoms. The molecule has 16 heavy (non-hydrogen) atoms. The second kappa shape index (κ2) is 3.26. The molecule has 0 nitrogen and oxygen atoms in total. The molecule has 94 valence electrons. The smallest absolute Gasteiger partial charge is 0.205 e. The Kier molecular flexibility index (Phi) is 2.86. The largest absolute Gasteiger partial charge is 0.403 e. The van der Waals surface area contributed by atoms with E-state index in [-0.39, 0.29) is 0 Å². The molecule has 0 heterocycles. The van der Waals surface area contributed by atoms with Crippen LogP contribution in [0.5, 0.6) is 0 Å². The molecule has 0 saturated heterocycles. The second-order valence-corrected chi connectivity index (χ2v) is 9.11. The monoisotopic (exact) mass is 310 g/mol. The molecule has 0 aromatic carbocycles. The van der Waals surface area contributed by atoms with E-state index >= 15 is 0 Å². The fourth-order valence-electron chi connectivity index (χ4n) is 1.00. The van der Waals surface area contributed by atoms with Gasteiger partial charge in [-0.05, 0) is 0 Å². The average Bonchev–Trinajstić information content (AvgIpc) is 2.00. The fraction of sp³-hybridized carbons (Fsp3) is 0.600. The van der Waals surface area contributed by atoms with Gasteiger partial charge < -0.3 is 0 Å². The molecule has 0 aliphatic heterocycles. The van der Waals surface area contributed by atoms with Gasteiger partial charge in [0.1, 0.15) is 0 Å². The van der Waals surface area contributed by atoms with Crippen LogP contribution in [-0.4, -0.2) is 24.3 Å². The Morgan fingerprint density at radius 3 is 1.56 bits per heavy atom. The summed E-state index contributed by atoms with van der Waals surface area (Å²) in [4.78, 5) is 0. The van der Waals surface area contributed by atoms with Gasteiger partial charge in [0, 0.05) is 0 Å². The van der Waals surface area contributed by atoms with Gasteiger partial charge in [0.25, 0.3) is 0 Å². The predicted octanol–water partition coefficient (Wildman–Crippen LogP) is 4.05. The summed E-state index contributed by atoms with van der Waals surface area (Å²) in [5.41, 5.74) is 0. The first-order chi connectivity index (χ1) is 6.78. The fourth-order valence-corrected chi connectivity index (χ4v) is 3.48. The maximum absolute atomic E-state index is 12.6. The molecule has 0 unspecified atom stereocenters. The van der Waals surface area contributed by atoms with Gasteiger partial charge >= 0.3 is 24.3 Å². The summed E-state index contributed by atoms with van der Waals surface area (Å²) in [5, 5.41) is -2.53. The van der Waals surface area contributed by atoms with Crippen LogP contribution in [0.2, 0.25) is 0 Å². The number of hydrogen-bond donors (Lipinski definition) is 0. The summed E-state index contributed by atoms with van der Waals surface area (Å²) in [6.07, 6.45) is 0.